The molecule has 0 bridgehead atoms. The minimum absolute atomic E-state index is 0.305. The average molecular weight is 341 g/mol. The van der Waals surface area contributed by atoms with E-state index in [0.29, 0.717) is 35.3 Å². The zero-order valence-corrected chi connectivity index (χ0v) is 14.7. The SMILES string of the molecule is COc1ccc(/C=N/NC(=O)c2ccc(N)cc2)cc1OCC(C)C. The molecule has 0 heterocycles. The number of hydrogen-bond donors (Lipinski definition) is 2. The van der Waals surface area contributed by atoms with Crippen LogP contribution in [0.3, 0.4) is 0 Å². The van der Waals surface area contributed by atoms with Crippen molar-refractivity contribution in [2.75, 3.05) is 19.5 Å². The highest BCUT2D eigenvalue weighted by molar-refractivity contribution is 5.95. The maximum absolute atomic E-state index is 12.0. The number of hydrogen-bond acceptors (Lipinski definition) is 5. The van der Waals surface area contributed by atoms with Gasteiger partial charge in [0, 0.05) is 11.3 Å². The molecule has 2 aromatic carbocycles. The van der Waals surface area contributed by atoms with E-state index in [2.05, 4.69) is 24.4 Å². The van der Waals surface area contributed by atoms with Gasteiger partial charge in [-0.3, -0.25) is 4.79 Å². The molecule has 1 amide bonds. The molecular formula is C19H23N3O3. The van der Waals surface area contributed by atoms with Crippen molar-refractivity contribution in [3.8, 4) is 11.5 Å². The summed E-state index contributed by atoms with van der Waals surface area (Å²) in [6, 6.07) is 12.1. The Balaban J connectivity index is 2.03. The second-order valence-electron chi connectivity index (χ2n) is 5.94. The first-order chi connectivity index (χ1) is 12.0. The van der Waals surface area contributed by atoms with Crippen LogP contribution in [0, 0.1) is 5.92 Å². The average Bonchev–Trinajstić information content (AvgIpc) is 2.60. The number of methoxy groups -OCH3 is 1. The van der Waals surface area contributed by atoms with Crippen molar-refractivity contribution in [1.29, 1.82) is 0 Å². The number of benzene rings is 2. The standard InChI is InChI=1S/C19H23N3O3/c1-13(2)12-25-18-10-14(4-9-17(18)24-3)11-21-22-19(23)15-5-7-16(20)8-6-15/h4-11,13H,12,20H2,1-3H3,(H,22,23)/b21-11+. The lowest BCUT2D eigenvalue weighted by Crippen LogP contribution is -2.17. The zero-order valence-electron chi connectivity index (χ0n) is 14.7. The number of hydrazone groups is 1. The molecule has 0 unspecified atom stereocenters. The van der Waals surface area contributed by atoms with Crippen molar-refractivity contribution in [3.63, 3.8) is 0 Å². The Bertz CT molecular complexity index is 740. The van der Waals surface area contributed by atoms with Crippen LogP contribution in [-0.4, -0.2) is 25.8 Å². The second-order valence-corrected chi connectivity index (χ2v) is 5.94. The van der Waals surface area contributed by atoms with Crippen LogP contribution < -0.4 is 20.6 Å². The van der Waals surface area contributed by atoms with Gasteiger partial charge < -0.3 is 15.2 Å². The number of nitrogens with one attached hydrogen (secondary N) is 1. The summed E-state index contributed by atoms with van der Waals surface area (Å²) < 4.78 is 11.0. The van der Waals surface area contributed by atoms with Crippen molar-refractivity contribution in [3.05, 3.63) is 53.6 Å². The zero-order chi connectivity index (χ0) is 18.2. The van der Waals surface area contributed by atoms with Gasteiger partial charge in [-0.25, -0.2) is 5.43 Å². The van der Waals surface area contributed by atoms with Gasteiger partial charge in [0.1, 0.15) is 0 Å². The number of nitrogens with zero attached hydrogens (tertiary/aromatic N) is 1. The number of anilines is 1. The molecule has 0 atom stereocenters. The number of carbonyl (C=O) groups excluding carboxylic acids is 1. The number of amides is 1. The van der Waals surface area contributed by atoms with E-state index in [1.807, 2.05) is 12.1 Å². The summed E-state index contributed by atoms with van der Waals surface area (Å²) in [5.74, 6) is 1.40. The molecule has 0 radical (unpaired) electrons. The maximum atomic E-state index is 12.0. The lowest BCUT2D eigenvalue weighted by Gasteiger charge is -2.12. The number of nitrogens with two attached hydrogens (primary N) is 1. The first kappa shape index (κ1) is 18.3. The summed E-state index contributed by atoms with van der Waals surface area (Å²) in [5, 5.41) is 3.98. The van der Waals surface area contributed by atoms with Crippen molar-refractivity contribution in [1.82, 2.24) is 5.43 Å². The Morgan fingerprint density at radius 3 is 2.56 bits per heavy atom. The monoisotopic (exact) mass is 341 g/mol. The molecular weight excluding hydrogens is 318 g/mol. The summed E-state index contributed by atoms with van der Waals surface area (Å²) in [6.45, 7) is 4.74. The first-order valence-electron chi connectivity index (χ1n) is 7.99. The minimum atomic E-state index is -0.305. The lowest BCUT2D eigenvalue weighted by atomic mass is 10.2. The van der Waals surface area contributed by atoms with E-state index >= 15 is 0 Å². The molecule has 25 heavy (non-hydrogen) atoms. The van der Waals surface area contributed by atoms with Crippen molar-refractivity contribution >= 4 is 17.8 Å². The van der Waals surface area contributed by atoms with Crippen LogP contribution >= 0.6 is 0 Å². The molecule has 0 aliphatic heterocycles. The lowest BCUT2D eigenvalue weighted by molar-refractivity contribution is 0.0955. The van der Waals surface area contributed by atoms with Gasteiger partial charge >= 0.3 is 0 Å². The number of carbonyl (C=O) groups is 1. The molecule has 0 saturated carbocycles. The third-order valence-corrected chi connectivity index (χ3v) is 3.31. The highest BCUT2D eigenvalue weighted by Gasteiger charge is 2.07. The van der Waals surface area contributed by atoms with Gasteiger partial charge in [0.25, 0.3) is 5.91 Å². The molecule has 0 aliphatic carbocycles. The third-order valence-electron chi connectivity index (χ3n) is 3.31. The fourth-order valence-electron chi connectivity index (χ4n) is 2.01. The molecule has 0 saturated heterocycles. The van der Waals surface area contributed by atoms with Crippen LogP contribution in [-0.2, 0) is 0 Å². The van der Waals surface area contributed by atoms with E-state index in [1.54, 1.807) is 43.7 Å². The number of rotatable bonds is 7. The third kappa shape index (κ3) is 5.53. The summed E-state index contributed by atoms with van der Waals surface area (Å²) in [6.07, 6.45) is 1.55. The predicted molar refractivity (Wildman–Crippen MR) is 99.2 cm³/mol. The van der Waals surface area contributed by atoms with Gasteiger partial charge in [-0.2, -0.15) is 5.10 Å². The molecule has 6 nitrogen and oxygen atoms in total. The van der Waals surface area contributed by atoms with Crippen LogP contribution in [0.2, 0.25) is 0 Å². The topological polar surface area (TPSA) is 85.9 Å². The number of ether oxygens (including phenoxy) is 2. The van der Waals surface area contributed by atoms with Crippen LogP contribution in [0.1, 0.15) is 29.8 Å². The van der Waals surface area contributed by atoms with Gasteiger partial charge in [0.15, 0.2) is 11.5 Å². The van der Waals surface area contributed by atoms with E-state index in [0.717, 1.165) is 5.56 Å². The molecule has 0 fully saturated rings. The quantitative estimate of drug-likeness (QED) is 0.460. The maximum Gasteiger partial charge on any atom is 0.271 e. The normalized spacial score (nSPS) is 10.9. The Morgan fingerprint density at radius 1 is 1.20 bits per heavy atom. The summed E-state index contributed by atoms with van der Waals surface area (Å²) in [4.78, 5) is 12.0. The van der Waals surface area contributed by atoms with Crippen LogP contribution in [0.15, 0.2) is 47.6 Å². The molecule has 0 aromatic heterocycles. The van der Waals surface area contributed by atoms with Gasteiger partial charge in [0.2, 0.25) is 0 Å². The predicted octanol–water partition coefficient (Wildman–Crippen LogP) is 3.08. The summed E-state index contributed by atoms with van der Waals surface area (Å²) >= 11 is 0. The van der Waals surface area contributed by atoms with Gasteiger partial charge in [-0.1, -0.05) is 13.8 Å². The van der Waals surface area contributed by atoms with Crippen LogP contribution in [0.4, 0.5) is 5.69 Å². The van der Waals surface area contributed by atoms with Gasteiger partial charge in [-0.05, 0) is 53.9 Å². The van der Waals surface area contributed by atoms with Crippen molar-refractivity contribution < 1.29 is 14.3 Å². The first-order valence-corrected chi connectivity index (χ1v) is 7.99. The second kappa shape index (κ2) is 8.73. The smallest absolute Gasteiger partial charge is 0.271 e. The minimum Gasteiger partial charge on any atom is -0.493 e. The van der Waals surface area contributed by atoms with E-state index in [9.17, 15) is 4.79 Å². The Labute approximate surface area is 147 Å². The van der Waals surface area contributed by atoms with E-state index < -0.39 is 0 Å². The Kier molecular flexibility index (Phi) is 6.39. The van der Waals surface area contributed by atoms with E-state index in [1.165, 1.54) is 0 Å². The fourth-order valence-corrected chi connectivity index (χ4v) is 2.01. The molecule has 2 rings (SSSR count). The highest BCUT2D eigenvalue weighted by atomic mass is 16.5. The highest BCUT2D eigenvalue weighted by Crippen LogP contribution is 2.28. The molecule has 6 heteroatoms. The Hall–Kier alpha value is -3.02. The summed E-state index contributed by atoms with van der Waals surface area (Å²) in [7, 11) is 1.60. The summed E-state index contributed by atoms with van der Waals surface area (Å²) in [5.41, 5.74) is 9.96. The fraction of sp³-hybridized carbons (Fsp3) is 0.263. The molecule has 3 N–H and O–H groups in total. The van der Waals surface area contributed by atoms with Gasteiger partial charge in [0.05, 0.1) is 19.9 Å². The molecule has 0 spiro atoms. The molecule has 2 aromatic rings. The molecule has 132 valence electrons. The van der Waals surface area contributed by atoms with Crippen molar-refractivity contribution in [2.45, 2.75) is 13.8 Å². The molecule has 0 aliphatic rings. The van der Waals surface area contributed by atoms with Gasteiger partial charge in [-0.15, -0.1) is 0 Å². The van der Waals surface area contributed by atoms with Crippen LogP contribution in [0.5, 0.6) is 11.5 Å². The van der Waals surface area contributed by atoms with Crippen LogP contribution in [0.25, 0.3) is 0 Å². The van der Waals surface area contributed by atoms with E-state index in [-0.39, 0.29) is 5.91 Å². The van der Waals surface area contributed by atoms with E-state index in [4.69, 9.17) is 15.2 Å². The number of nitrogen functional groups attached to an aromatic ring is 1. The Morgan fingerprint density at radius 2 is 1.92 bits per heavy atom. The van der Waals surface area contributed by atoms with Crippen molar-refractivity contribution in [2.24, 2.45) is 11.0 Å². The largest absolute Gasteiger partial charge is 0.493 e.